The zero-order chi connectivity index (χ0) is 14.5. The van der Waals surface area contributed by atoms with Gasteiger partial charge in [-0.15, -0.1) is 0 Å². The Morgan fingerprint density at radius 3 is 2.45 bits per heavy atom. The maximum Gasteiger partial charge on any atom is 0.137 e. The zero-order valence-corrected chi connectivity index (χ0v) is 13.4. The van der Waals surface area contributed by atoms with Gasteiger partial charge in [0.1, 0.15) is 5.82 Å². The molecule has 3 heteroatoms. The van der Waals surface area contributed by atoms with Crippen molar-refractivity contribution in [3.05, 3.63) is 69.4 Å². The van der Waals surface area contributed by atoms with E-state index in [-0.39, 0.29) is 11.9 Å². The van der Waals surface area contributed by atoms with Crippen molar-refractivity contribution in [3.63, 3.8) is 0 Å². The first-order valence-corrected chi connectivity index (χ1v) is 7.55. The van der Waals surface area contributed by atoms with E-state index in [9.17, 15) is 4.39 Å². The van der Waals surface area contributed by atoms with E-state index in [4.69, 9.17) is 0 Å². The van der Waals surface area contributed by atoms with E-state index in [0.717, 1.165) is 18.4 Å². The lowest BCUT2D eigenvalue weighted by Crippen LogP contribution is -2.30. The summed E-state index contributed by atoms with van der Waals surface area (Å²) in [6, 6.07) is 14.0. The summed E-state index contributed by atoms with van der Waals surface area (Å²) in [5.41, 5.74) is 3.56. The lowest BCUT2D eigenvalue weighted by atomic mass is 9.98. The van der Waals surface area contributed by atoms with Crippen LogP contribution in [-0.4, -0.2) is 13.1 Å². The van der Waals surface area contributed by atoms with Crippen LogP contribution in [0.2, 0.25) is 0 Å². The predicted octanol–water partition coefficient (Wildman–Crippen LogP) is 4.27. The van der Waals surface area contributed by atoms with E-state index < -0.39 is 0 Å². The lowest BCUT2D eigenvalue weighted by Gasteiger charge is -2.17. The quantitative estimate of drug-likeness (QED) is 0.860. The highest BCUT2D eigenvalue weighted by Crippen LogP contribution is 2.22. The summed E-state index contributed by atoms with van der Waals surface area (Å²) in [6.07, 6.45) is 1.72. The molecular formula is C17H19BrFN. The van der Waals surface area contributed by atoms with Crippen molar-refractivity contribution < 1.29 is 4.39 Å². The molecule has 0 saturated carbocycles. The molecule has 0 aromatic heterocycles. The third kappa shape index (κ3) is 3.90. The van der Waals surface area contributed by atoms with E-state index in [2.05, 4.69) is 52.4 Å². The van der Waals surface area contributed by atoms with Crippen LogP contribution in [0.3, 0.4) is 0 Å². The fourth-order valence-electron chi connectivity index (χ4n) is 2.26. The van der Waals surface area contributed by atoms with E-state index in [1.165, 1.54) is 17.2 Å². The third-order valence-electron chi connectivity index (χ3n) is 3.51. The minimum atomic E-state index is -0.201. The largest absolute Gasteiger partial charge is 0.316 e. The van der Waals surface area contributed by atoms with Crippen LogP contribution in [0.25, 0.3) is 0 Å². The maximum atomic E-state index is 13.5. The van der Waals surface area contributed by atoms with Gasteiger partial charge < -0.3 is 5.32 Å². The lowest BCUT2D eigenvalue weighted by molar-refractivity contribution is 0.550. The summed E-state index contributed by atoms with van der Waals surface area (Å²) in [4.78, 5) is 0. The average molecular weight is 336 g/mol. The number of nitrogens with one attached hydrogen (secondary N) is 1. The molecule has 0 saturated heterocycles. The van der Waals surface area contributed by atoms with E-state index >= 15 is 0 Å². The fraction of sp³-hybridized carbons (Fsp3) is 0.294. The molecule has 1 atom stereocenters. The van der Waals surface area contributed by atoms with E-state index in [1.54, 1.807) is 6.07 Å². The van der Waals surface area contributed by atoms with Gasteiger partial charge in [-0.2, -0.15) is 0 Å². The highest BCUT2D eigenvalue weighted by Gasteiger charge is 2.12. The monoisotopic (exact) mass is 335 g/mol. The van der Waals surface area contributed by atoms with Crippen molar-refractivity contribution in [2.24, 2.45) is 0 Å². The van der Waals surface area contributed by atoms with Crippen LogP contribution < -0.4 is 5.32 Å². The second-order valence-electron chi connectivity index (χ2n) is 5.09. The molecule has 20 heavy (non-hydrogen) atoms. The molecule has 2 aromatic carbocycles. The van der Waals surface area contributed by atoms with Gasteiger partial charge in [-0.3, -0.25) is 0 Å². The molecule has 2 rings (SSSR count). The minimum absolute atomic E-state index is 0.201. The Morgan fingerprint density at radius 2 is 1.80 bits per heavy atom. The van der Waals surface area contributed by atoms with Crippen molar-refractivity contribution in [2.45, 2.75) is 25.8 Å². The van der Waals surface area contributed by atoms with Crippen molar-refractivity contribution >= 4 is 15.9 Å². The molecule has 0 aliphatic heterocycles. The highest BCUT2D eigenvalue weighted by molar-refractivity contribution is 9.10. The van der Waals surface area contributed by atoms with Gasteiger partial charge in [0.15, 0.2) is 0 Å². The average Bonchev–Trinajstić information content (AvgIpc) is 2.45. The van der Waals surface area contributed by atoms with Crippen LogP contribution in [0.15, 0.2) is 46.9 Å². The first kappa shape index (κ1) is 15.2. The van der Waals surface area contributed by atoms with Gasteiger partial charge in [-0.25, -0.2) is 4.39 Å². The number of hydrogen-bond donors (Lipinski definition) is 1. The molecule has 0 radical (unpaired) electrons. The first-order chi connectivity index (χ1) is 9.60. The topological polar surface area (TPSA) is 12.0 Å². The third-order valence-corrected chi connectivity index (χ3v) is 4.40. The predicted molar refractivity (Wildman–Crippen MR) is 85.5 cm³/mol. The number of aryl methyl sites for hydroxylation is 1. The second kappa shape index (κ2) is 7.00. The fourth-order valence-corrected chi connectivity index (χ4v) is 2.68. The van der Waals surface area contributed by atoms with Gasteiger partial charge in [0.25, 0.3) is 0 Å². The molecule has 0 heterocycles. The Bertz CT molecular complexity index is 566. The molecule has 1 N–H and O–H groups in total. The van der Waals surface area contributed by atoms with Crippen molar-refractivity contribution in [1.82, 2.24) is 5.32 Å². The van der Waals surface area contributed by atoms with Crippen LogP contribution in [0.5, 0.6) is 0 Å². The van der Waals surface area contributed by atoms with Gasteiger partial charge in [-0.1, -0.05) is 42.0 Å². The van der Waals surface area contributed by atoms with Gasteiger partial charge in [-0.05, 0) is 59.9 Å². The standard InChI is InChI=1S/C17H19BrFN/c1-12-6-8-13(9-7-12)10-15(20-2)11-14-4-3-5-16(19)17(14)18/h3-9,15,20H,10-11H2,1-2H3. The second-order valence-corrected chi connectivity index (χ2v) is 5.89. The zero-order valence-electron chi connectivity index (χ0n) is 11.8. The molecule has 1 unspecified atom stereocenters. The van der Waals surface area contributed by atoms with Gasteiger partial charge in [0, 0.05) is 6.04 Å². The Hall–Kier alpha value is -1.19. The SMILES string of the molecule is CNC(Cc1ccc(C)cc1)Cc1cccc(F)c1Br. The Balaban J connectivity index is 2.09. The molecule has 0 aliphatic carbocycles. The highest BCUT2D eigenvalue weighted by atomic mass is 79.9. The van der Waals surface area contributed by atoms with E-state index in [0.29, 0.717) is 4.47 Å². The molecule has 106 valence electrons. The molecule has 0 bridgehead atoms. The molecule has 0 amide bonds. The summed E-state index contributed by atoms with van der Waals surface area (Å²) in [6.45, 7) is 2.09. The van der Waals surface area contributed by atoms with Crippen LogP contribution in [0.4, 0.5) is 4.39 Å². The van der Waals surface area contributed by atoms with Gasteiger partial charge >= 0.3 is 0 Å². The minimum Gasteiger partial charge on any atom is -0.316 e. The normalized spacial score (nSPS) is 12.4. The van der Waals surface area contributed by atoms with Crippen molar-refractivity contribution in [2.75, 3.05) is 7.05 Å². The summed E-state index contributed by atoms with van der Waals surface area (Å²) in [5, 5.41) is 3.32. The number of hydrogen-bond acceptors (Lipinski definition) is 1. The summed E-state index contributed by atoms with van der Waals surface area (Å²) in [7, 11) is 1.95. The van der Waals surface area contributed by atoms with Gasteiger partial charge in [0.2, 0.25) is 0 Å². The molecular weight excluding hydrogens is 317 g/mol. The summed E-state index contributed by atoms with van der Waals surface area (Å²) < 4.78 is 14.1. The van der Waals surface area contributed by atoms with E-state index in [1.807, 2.05) is 13.1 Å². The smallest absolute Gasteiger partial charge is 0.137 e. The maximum absolute atomic E-state index is 13.5. The molecule has 0 fully saturated rings. The van der Waals surface area contributed by atoms with Crippen molar-refractivity contribution in [3.8, 4) is 0 Å². The van der Waals surface area contributed by atoms with Gasteiger partial charge in [0.05, 0.1) is 4.47 Å². The Kier molecular flexibility index (Phi) is 5.32. The number of benzene rings is 2. The van der Waals surface area contributed by atoms with Crippen LogP contribution in [0.1, 0.15) is 16.7 Å². The Morgan fingerprint density at radius 1 is 1.10 bits per heavy atom. The molecule has 0 aliphatic rings. The van der Waals surface area contributed by atoms with Crippen LogP contribution >= 0.6 is 15.9 Å². The molecule has 1 nitrogen and oxygen atoms in total. The number of rotatable bonds is 5. The number of likely N-dealkylation sites (N-methyl/N-ethyl adjacent to an activating group) is 1. The number of halogens is 2. The van der Waals surface area contributed by atoms with Crippen LogP contribution in [0, 0.1) is 12.7 Å². The summed E-state index contributed by atoms with van der Waals surface area (Å²) >= 11 is 3.33. The van der Waals surface area contributed by atoms with Crippen LogP contribution in [-0.2, 0) is 12.8 Å². The summed E-state index contributed by atoms with van der Waals surface area (Å²) in [5.74, 6) is -0.201. The molecule has 2 aromatic rings. The molecule has 0 spiro atoms. The first-order valence-electron chi connectivity index (χ1n) is 6.76. The Labute approximate surface area is 128 Å². The van der Waals surface area contributed by atoms with Crippen molar-refractivity contribution in [1.29, 1.82) is 0 Å².